The van der Waals surface area contributed by atoms with Gasteiger partial charge in [-0.05, 0) is 24.3 Å². The number of anilines is 2. The molecule has 1 aromatic carbocycles. The Labute approximate surface area is 116 Å². The maximum atomic E-state index is 11.0. The van der Waals surface area contributed by atoms with Crippen LogP contribution < -0.4 is 16.4 Å². The molecule has 0 saturated carbocycles. The summed E-state index contributed by atoms with van der Waals surface area (Å²) < 4.78 is 0. The summed E-state index contributed by atoms with van der Waals surface area (Å²) in [5.74, 6) is 1.04. The van der Waals surface area contributed by atoms with Gasteiger partial charge in [0, 0.05) is 36.8 Å². The number of benzene rings is 1. The van der Waals surface area contributed by atoms with E-state index in [0.29, 0.717) is 11.6 Å². The number of nitrogens with one attached hydrogen (secondary N) is 2. The van der Waals surface area contributed by atoms with Crippen LogP contribution in [-0.4, -0.2) is 15.9 Å². The van der Waals surface area contributed by atoms with Crippen molar-refractivity contribution in [1.29, 1.82) is 0 Å². The minimum atomic E-state index is -0.0955. The second-order valence-corrected chi connectivity index (χ2v) is 4.72. The Balaban J connectivity index is 1.93. The fourth-order valence-electron chi connectivity index (χ4n) is 2.23. The van der Waals surface area contributed by atoms with Gasteiger partial charge < -0.3 is 16.4 Å². The zero-order chi connectivity index (χ0) is 14.1. The van der Waals surface area contributed by atoms with Gasteiger partial charge in [-0.1, -0.05) is 0 Å². The second-order valence-electron chi connectivity index (χ2n) is 4.72. The van der Waals surface area contributed by atoms with E-state index in [1.54, 1.807) is 0 Å². The van der Waals surface area contributed by atoms with E-state index in [9.17, 15) is 4.79 Å². The lowest BCUT2D eigenvalue weighted by Crippen LogP contribution is -2.05. The lowest BCUT2D eigenvalue weighted by Gasteiger charge is -2.07. The third-order valence-corrected chi connectivity index (χ3v) is 3.18. The molecule has 3 rings (SSSR count). The van der Waals surface area contributed by atoms with Crippen molar-refractivity contribution in [2.75, 3.05) is 11.1 Å². The topological polar surface area (TPSA) is 92.9 Å². The SMILES string of the molecule is CC(=O)Nc1ccc(-c2nc(N)c3c(n2)CNC3)cc1. The highest BCUT2D eigenvalue weighted by atomic mass is 16.1. The van der Waals surface area contributed by atoms with Crippen LogP contribution in [-0.2, 0) is 17.9 Å². The summed E-state index contributed by atoms with van der Waals surface area (Å²) in [6.45, 7) is 2.92. The van der Waals surface area contributed by atoms with E-state index in [0.717, 1.165) is 35.6 Å². The van der Waals surface area contributed by atoms with Crippen LogP contribution >= 0.6 is 0 Å². The molecule has 0 atom stereocenters. The largest absolute Gasteiger partial charge is 0.383 e. The standard InChI is InChI=1S/C14H15N5O/c1-8(20)17-10-4-2-9(3-5-10)14-18-12-7-16-6-11(12)13(15)19-14/h2-5,16H,6-7H2,1H3,(H,17,20)(H2,15,18,19). The van der Waals surface area contributed by atoms with E-state index in [1.165, 1.54) is 6.92 Å². The first-order chi connectivity index (χ1) is 9.63. The van der Waals surface area contributed by atoms with Crippen LogP contribution in [0.3, 0.4) is 0 Å². The van der Waals surface area contributed by atoms with Crippen molar-refractivity contribution in [3.63, 3.8) is 0 Å². The molecule has 0 saturated heterocycles. The summed E-state index contributed by atoms with van der Waals surface area (Å²) in [5.41, 5.74) is 9.53. The number of aromatic nitrogens is 2. The van der Waals surface area contributed by atoms with Crippen LogP contribution in [0.15, 0.2) is 24.3 Å². The van der Waals surface area contributed by atoms with Gasteiger partial charge in [0.25, 0.3) is 0 Å². The number of fused-ring (bicyclic) bond motifs is 1. The van der Waals surface area contributed by atoms with Crippen LogP contribution in [0.2, 0.25) is 0 Å². The number of nitrogen functional groups attached to an aromatic ring is 1. The molecule has 1 aliphatic rings. The van der Waals surface area contributed by atoms with Gasteiger partial charge in [0.2, 0.25) is 5.91 Å². The predicted molar refractivity (Wildman–Crippen MR) is 76.7 cm³/mol. The molecular weight excluding hydrogens is 254 g/mol. The average Bonchev–Trinajstić information content (AvgIpc) is 2.87. The molecule has 0 bridgehead atoms. The molecule has 0 radical (unpaired) electrons. The molecule has 102 valence electrons. The molecule has 0 aliphatic carbocycles. The summed E-state index contributed by atoms with van der Waals surface area (Å²) in [4.78, 5) is 19.9. The van der Waals surface area contributed by atoms with E-state index in [2.05, 4.69) is 20.6 Å². The Morgan fingerprint density at radius 1 is 1.25 bits per heavy atom. The fourth-order valence-corrected chi connectivity index (χ4v) is 2.23. The smallest absolute Gasteiger partial charge is 0.221 e. The molecule has 20 heavy (non-hydrogen) atoms. The van der Waals surface area contributed by atoms with Crippen molar-refractivity contribution in [3.8, 4) is 11.4 Å². The van der Waals surface area contributed by atoms with E-state index in [4.69, 9.17) is 5.73 Å². The van der Waals surface area contributed by atoms with Crippen molar-refractivity contribution in [3.05, 3.63) is 35.5 Å². The van der Waals surface area contributed by atoms with Gasteiger partial charge in [0.05, 0.1) is 5.69 Å². The first-order valence-corrected chi connectivity index (χ1v) is 6.37. The van der Waals surface area contributed by atoms with Crippen molar-refractivity contribution < 1.29 is 4.79 Å². The molecule has 1 aromatic heterocycles. The lowest BCUT2D eigenvalue weighted by atomic mass is 10.1. The molecule has 2 aromatic rings. The molecule has 0 fully saturated rings. The van der Waals surface area contributed by atoms with Crippen LogP contribution in [0.1, 0.15) is 18.2 Å². The van der Waals surface area contributed by atoms with Crippen molar-refractivity contribution in [2.45, 2.75) is 20.0 Å². The maximum absolute atomic E-state index is 11.0. The van der Waals surface area contributed by atoms with Crippen LogP contribution in [0.5, 0.6) is 0 Å². The zero-order valence-corrected chi connectivity index (χ0v) is 11.1. The van der Waals surface area contributed by atoms with Gasteiger partial charge in [0.15, 0.2) is 5.82 Å². The van der Waals surface area contributed by atoms with Crippen LogP contribution in [0, 0.1) is 0 Å². The monoisotopic (exact) mass is 269 g/mol. The number of nitrogens with zero attached hydrogens (tertiary/aromatic N) is 2. The van der Waals surface area contributed by atoms with E-state index in [1.807, 2.05) is 24.3 Å². The highest BCUT2D eigenvalue weighted by Crippen LogP contribution is 2.24. The summed E-state index contributed by atoms with van der Waals surface area (Å²) in [6.07, 6.45) is 0. The number of amides is 1. The molecule has 6 heteroatoms. The summed E-state index contributed by atoms with van der Waals surface area (Å²) in [7, 11) is 0. The third-order valence-electron chi connectivity index (χ3n) is 3.18. The minimum absolute atomic E-state index is 0.0955. The molecule has 4 N–H and O–H groups in total. The molecule has 0 unspecified atom stereocenters. The van der Waals surface area contributed by atoms with Crippen molar-refractivity contribution >= 4 is 17.4 Å². The Bertz CT molecular complexity index is 666. The van der Waals surface area contributed by atoms with Crippen LogP contribution in [0.4, 0.5) is 11.5 Å². The highest BCUT2D eigenvalue weighted by molar-refractivity contribution is 5.88. The molecule has 2 heterocycles. The molecule has 1 amide bonds. The van der Waals surface area contributed by atoms with Gasteiger partial charge in [-0.3, -0.25) is 4.79 Å². The molecule has 6 nitrogen and oxygen atoms in total. The molecular formula is C14H15N5O. The first-order valence-electron chi connectivity index (χ1n) is 6.37. The number of carbonyl (C=O) groups is 1. The average molecular weight is 269 g/mol. The lowest BCUT2D eigenvalue weighted by molar-refractivity contribution is -0.114. The van der Waals surface area contributed by atoms with Crippen molar-refractivity contribution in [1.82, 2.24) is 15.3 Å². The fraction of sp³-hybridized carbons (Fsp3) is 0.214. The maximum Gasteiger partial charge on any atom is 0.221 e. The minimum Gasteiger partial charge on any atom is -0.383 e. The Morgan fingerprint density at radius 2 is 2.00 bits per heavy atom. The predicted octanol–water partition coefficient (Wildman–Crippen LogP) is 1.29. The third kappa shape index (κ3) is 2.33. The summed E-state index contributed by atoms with van der Waals surface area (Å²) in [6, 6.07) is 7.38. The zero-order valence-electron chi connectivity index (χ0n) is 11.1. The van der Waals surface area contributed by atoms with Gasteiger partial charge in [-0.2, -0.15) is 0 Å². The summed E-state index contributed by atoms with van der Waals surface area (Å²) in [5, 5.41) is 5.93. The van der Waals surface area contributed by atoms with Crippen LogP contribution in [0.25, 0.3) is 11.4 Å². The van der Waals surface area contributed by atoms with Gasteiger partial charge in [-0.25, -0.2) is 9.97 Å². The quantitative estimate of drug-likeness (QED) is 0.764. The van der Waals surface area contributed by atoms with E-state index in [-0.39, 0.29) is 5.91 Å². The molecule has 1 aliphatic heterocycles. The Hall–Kier alpha value is -2.47. The highest BCUT2D eigenvalue weighted by Gasteiger charge is 2.17. The van der Waals surface area contributed by atoms with Gasteiger partial charge >= 0.3 is 0 Å². The summed E-state index contributed by atoms with van der Waals surface area (Å²) >= 11 is 0. The van der Waals surface area contributed by atoms with Gasteiger partial charge in [-0.15, -0.1) is 0 Å². The second kappa shape index (κ2) is 4.90. The van der Waals surface area contributed by atoms with Crippen molar-refractivity contribution in [2.24, 2.45) is 0 Å². The van der Waals surface area contributed by atoms with E-state index >= 15 is 0 Å². The number of hydrogen-bond donors (Lipinski definition) is 3. The Kier molecular flexibility index (Phi) is 3.08. The first kappa shape index (κ1) is 12.6. The van der Waals surface area contributed by atoms with E-state index < -0.39 is 0 Å². The normalized spacial score (nSPS) is 13.1. The number of rotatable bonds is 2. The number of hydrogen-bond acceptors (Lipinski definition) is 5. The van der Waals surface area contributed by atoms with Gasteiger partial charge in [0.1, 0.15) is 5.82 Å². The number of nitrogens with two attached hydrogens (primary N) is 1. The molecule has 0 spiro atoms. The Morgan fingerprint density at radius 3 is 2.70 bits per heavy atom. The number of carbonyl (C=O) groups excluding carboxylic acids is 1.